The third-order valence-electron chi connectivity index (χ3n) is 2.57. The van der Waals surface area contributed by atoms with E-state index in [1.807, 2.05) is 0 Å². The maximum atomic E-state index is 11.2. The normalized spacial score (nSPS) is 15.2. The molecule has 78 valence electrons. The first-order valence-electron chi connectivity index (χ1n) is 4.92. The number of likely N-dealkylation sites (N-methyl/N-ethyl adjacent to an activating group) is 1. The quantitative estimate of drug-likeness (QED) is 0.697. The minimum absolute atomic E-state index is 0.134. The second-order valence-electron chi connectivity index (χ2n) is 3.84. The zero-order valence-electron chi connectivity index (χ0n) is 9.42. The topological polar surface area (TPSA) is 32.3 Å². The van der Waals surface area contributed by atoms with Crippen molar-refractivity contribution >= 4 is 5.91 Å². The molecule has 0 aliphatic carbocycles. The van der Waals surface area contributed by atoms with Crippen LogP contribution in [0.2, 0.25) is 0 Å². The number of rotatable bonds is 5. The Labute approximate surface area is 81.5 Å². The van der Waals surface area contributed by atoms with Gasteiger partial charge in [-0.05, 0) is 12.8 Å². The van der Waals surface area contributed by atoms with Crippen molar-refractivity contribution in [2.75, 3.05) is 20.6 Å². The lowest BCUT2D eigenvalue weighted by atomic mass is 10.0. The average molecular weight is 186 g/mol. The molecule has 3 nitrogen and oxygen atoms in total. The molecule has 1 amide bonds. The van der Waals surface area contributed by atoms with Crippen LogP contribution in [0.5, 0.6) is 0 Å². The van der Waals surface area contributed by atoms with E-state index in [2.05, 4.69) is 26.1 Å². The predicted molar refractivity (Wildman–Crippen MR) is 55.6 cm³/mol. The van der Waals surface area contributed by atoms with Crippen LogP contribution in [-0.2, 0) is 4.79 Å². The summed E-state index contributed by atoms with van der Waals surface area (Å²) < 4.78 is 0. The molecular formula is C10H22N2O. The fourth-order valence-corrected chi connectivity index (χ4v) is 0.961. The molecule has 0 saturated carbocycles. The monoisotopic (exact) mass is 186 g/mol. The van der Waals surface area contributed by atoms with Gasteiger partial charge in [0.2, 0.25) is 5.91 Å². The molecule has 0 rings (SSSR count). The average Bonchev–Trinajstić information content (AvgIpc) is 2.11. The van der Waals surface area contributed by atoms with Crippen LogP contribution in [0.15, 0.2) is 0 Å². The van der Waals surface area contributed by atoms with E-state index < -0.39 is 0 Å². The van der Waals surface area contributed by atoms with Crippen LogP contribution >= 0.6 is 0 Å². The highest BCUT2D eigenvalue weighted by Crippen LogP contribution is 2.05. The maximum absolute atomic E-state index is 11.2. The Morgan fingerprint density at radius 2 is 1.92 bits per heavy atom. The van der Waals surface area contributed by atoms with Gasteiger partial charge in [0.05, 0.1) is 6.54 Å². The van der Waals surface area contributed by atoms with E-state index in [0.29, 0.717) is 18.5 Å². The van der Waals surface area contributed by atoms with Crippen LogP contribution in [0.4, 0.5) is 0 Å². The van der Waals surface area contributed by atoms with Crippen molar-refractivity contribution in [1.29, 1.82) is 0 Å². The van der Waals surface area contributed by atoms with Crippen LogP contribution < -0.4 is 5.32 Å². The zero-order valence-corrected chi connectivity index (χ0v) is 9.42. The van der Waals surface area contributed by atoms with Crippen LogP contribution in [0.3, 0.4) is 0 Å². The molecule has 0 radical (unpaired) electrons. The number of carbonyl (C=O) groups is 1. The van der Waals surface area contributed by atoms with E-state index in [0.717, 1.165) is 6.42 Å². The molecule has 0 bridgehead atoms. The number of hydrogen-bond donors (Lipinski definition) is 1. The van der Waals surface area contributed by atoms with Gasteiger partial charge in [0.1, 0.15) is 0 Å². The molecule has 0 aliphatic rings. The van der Waals surface area contributed by atoms with Crippen molar-refractivity contribution in [3.63, 3.8) is 0 Å². The molecule has 0 aromatic rings. The molecule has 0 spiro atoms. The summed E-state index contributed by atoms with van der Waals surface area (Å²) in [5, 5.41) is 3.22. The molecule has 0 unspecified atom stereocenters. The number of amides is 1. The standard InChI is InChI=1S/C10H22N2O/c1-6-8(2)9(3)11-7-10(13)12(4)5/h8-9,11H,6-7H2,1-5H3/t8-,9-/m1/s1. The van der Waals surface area contributed by atoms with Gasteiger partial charge in [-0.1, -0.05) is 20.3 Å². The highest BCUT2D eigenvalue weighted by molar-refractivity contribution is 5.77. The van der Waals surface area contributed by atoms with Crippen LogP contribution in [-0.4, -0.2) is 37.5 Å². The number of nitrogens with zero attached hydrogens (tertiary/aromatic N) is 1. The summed E-state index contributed by atoms with van der Waals surface area (Å²) in [7, 11) is 3.55. The molecule has 0 saturated heterocycles. The van der Waals surface area contributed by atoms with E-state index in [-0.39, 0.29) is 5.91 Å². The molecule has 13 heavy (non-hydrogen) atoms. The van der Waals surface area contributed by atoms with Gasteiger partial charge in [-0.2, -0.15) is 0 Å². The van der Waals surface area contributed by atoms with E-state index in [1.165, 1.54) is 0 Å². The minimum atomic E-state index is 0.134. The number of hydrogen-bond acceptors (Lipinski definition) is 2. The Kier molecular flexibility index (Phi) is 5.71. The van der Waals surface area contributed by atoms with Crippen molar-refractivity contribution < 1.29 is 4.79 Å². The van der Waals surface area contributed by atoms with E-state index in [9.17, 15) is 4.79 Å². The molecule has 0 heterocycles. The van der Waals surface area contributed by atoms with Crippen LogP contribution in [0, 0.1) is 5.92 Å². The fourth-order valence-electron chi connectivity index (χ4n) is 0.961. The lowest BCUT2D eigenvalue weighted by Gasteiger charge is -2.20. The van der Waals surface area contributed by atoms with Crippen LogP contribution in [0.1, 0.15) is 27.2 Å². The first kappa shape index (κ1) is 12.4. The summed E-state index contributed by atoms with van der Waals surface area (Å²) in [6.07, 6.45) is 1.14. The molecule has 0 aromatic carbocycles. The summed E-state index contributed by atoms with van der Waals surface area (Å²) in [6, 6.07) is 0.411. The minimum Gasteiger partial charge on any atom is -0.348 e. The first-order valence-corrected chi connectivity index (χ1v) is 4.92. The Bertz CT molecular complexity index is 157. The van der Waals surface area contributed by atoms with Gasteiger partial charge in [-0.3, -0.25) is 4.79 Å². The van der Waals surface area contributed by atoms with Gasteiger partial charge in [-0.25, -0.2) is 0 Å². The highest BCUT2D eigenvalue weighted by atomic mass is 16.2. The summed E-state index contributed by atoms with van der Waals surface area (Å²) in [5.41, 5.74) is 0. The molecule has 0 aromatic heterocycles. The molecule has 2 atom stereocenters. The molecule has 0 fully saturated rings. The van der Waals surface area contributed by atoms with Crippen molar-refractivity contribution in [1.82, 2.24) is 10.2 Å². The maximum Gasteiger partial charge on any atom is 0.236 e. The second kappa shape index (κ2) is 5.97. The van der Waals surface area contributed by atoms with Gasteiger partial charge >= 0.3 is 0 Å². The lowest BCUT2D eigenvalue weighted by Crippen LogP contribution is -2.39. The smallest absolute Gasteiger partial charge is 0.236 e. The summed E-state index contributed by atoms with van der Waals surface area (Å²) in [6.45, 7) is 6.92. The SMILES string of the molecule is CC[C@@H](C)[C@@H](C)NCC(=O)N(C)C. The molecule has 0 aliphatic heterocycles. The van der Waals surface area contributed by atoms with Gasteiger partial charge < -0.3 is 10.2 Å². The third kappa shape index (κ3) is 4.88. The predicted octanol–water partition coefficient (Wildman–Crippen LogP) is 1.10. The second-order valence-corrected chi connectivity index (χ2v) is 3.84. The van der Waals surface area contributed by atoms with Gasteiger partial charge in [-0.15, -0.1) is 0 Å². The van der Waals surface area contributed by atoms with E-state index >= 15 is 0 Å². The molecule has 3 heteroatoms. The summed E-state index contributed by atoms with van der Waals surface area (Å²) in [5.74, 6) is 0.755. The largest absolute Gasteiger partial charge is 0.348 e. The molecular weight excluding hydrogens is 164 g/mol. The fraction of sp³-hybridized carbons (Fsp3) is 0.900. The molecule has 1 N–H and O–H groups in total. The summed E-state index contributed by atoms with van der Waals surface area (Å²) >= 11 is 0. The Hall–Kier alpha value is -0.570. The number of carbonyl (C=O) groups excluding carboxylic acids is 1. The van der Waals surface area contributed by atoms with E-state index in [4.69, 9.17) is 0 Å². The Morgan fingerprint density at radius 1 is 1.38 bits per heavy atom. The Balaban J connectivity index is 3.69. The summed E-state index contributed by atoms with van der Waals surface area (Å²) in [4.78, 5) is 12.8. The van der Waals surface area contributed by atoms with Gasteiger partial charge in [0, 0.05) is 20.1 Å². The van der Waals surface area contributed by atoms with Crippen molar-refractivity contribution in [3.05, 3.63) is 0 Å². The zero-order chi connectivity index (χ0) is 10.4. The third-order valence-corrected chi connectivity index (χ3v) is 2.57. The lowest BCUT2D eigenvalue weighted by molar-refractivity contribution is -0.127. The van der Waals surface area contributed by atoms with Crippen molar-refractivity contribution in [2.24, 2.45) is 5.92 Å². The number of nitrogens with one attached hydrogen (secondary N) is 1. The first-order chi connectivity index (χ1) is 5.99. The van der Waals surface area contributed by atoms with Crippen LogP contribution in [0.25, 0.3) is 0 Å². The van der Waals surface area contributed by atoms with Crippen molar-refractivity contribution in [2.45, 2.75) is 33.2 Å². The van der Waals surface area contributed by atoms with E-state index in [1.54, 1.807) is 19.0 Å². The Morgan fingerprint density at radius 3 is 2.31 bits per heavy atom. The van der Waals surface area contributed by atoms with Gasteiger partial charge in [0.15, 0.2) is 0 Å². The van der Waals surface area contributed by atoms with Crippen molar-refractivity contribution in [3.8, 4) is 0 Å². The highest BCUT2D eigenvalue weighted by Gasteiger charge is 2.11. The van der Waals surface area contributed by atoms with Gasteiger partial charge in [0.25, 0.3) is 0 Å².